The number of benzene rings is 1. The fourth-order valence-electron chi connectivity index (χ4n) is 12.7. The van der Waals surface area contributed by atoms with Crippen molar-refractivity contribution in [1.82, 2.24) is 0 Å². The van der Waals surface area contributed by atoms with Crippen molar-refractivity contribution in [3.05, 3.63) is 34.9 Å². The largest absolute Gasteiger partial charge is 0.130 e. The molecule has 18 heteroatoms. The Balaban J connectivity index is 5.20. The lowest BCUT2D eigenvalue weighted by Gasteiger charge is -2.44. The molecule has 0 aliphatic carbocycles. The summed E-state index contributed by atoms with van der Waals surface area (Å²) < 4.78 is 0. The van der Waals surface area contributed by atoms with Crippen LogP contribution in [0.25, 0.3) is 0 Å². The van der Waals surface area contributed by atoms with E-state index in [-0.39, 0.29) is 16.2 Å². The predicted molar refractivity (Wildman–Crippen MR) is 412 cm³/mol. The smallest absolute Gasteiger partial charge is 0.0639 e. The van der Waals surface area contributed by atoms with Gasteiger partial charge in [-0.1, -0.05) is 248 Å². The van der Waals surface area contributed by atoms with Gasteiger partial charge in [0.2, 0.25) is 0 Å². The van der Waals surface area contributed by atoms with Gasteiger partial charge in [-0.15, -0.1) is 104 Å². The summed E-state index contributed by atoms with van der Waals surface area (Å²) in [4.78, 5) is 0. The zero-order valence-corrected chi connectivity index (χ0v) is 71.9. The second kappa shape index (κ2) is 37.5. The van der Waals surface area contributed by atoms with Gasteiger partial charge in [-0.05, 0) is 90.7 Å². The maximum atomic E-state index is 6.89. The fraction of sp³-hybridized carbons (Fsp3) is 0.905. The Hall–Kier alpha value is 3.78. The highest BCUT2D eigenvalue weighted by Crippen LogP contribution is 2.51. The van der Waals surface area contributed by atoms with E-state index in [1.807, 2.05) is 0 Å². The van der Waals surface area contributed by atoms with Gasteiger partial charge in [0.25, 0.3) is 0 Å². The molecule has 1 aromatic rings. The molecule has 1 rings (SSSR count). The van der Waals surface area contributed by atoms with Crippen LogP contribution in [-0.2, 0) is 16.2 Å². The molecule has 0 fully saturated rings. The number of hydrogen-bond donors (Lipinski definition) is 0. The number of halogens is 9. The minimum Gasteiger partial charge on any atom is -0.130 e. The van der Waals surface area contributed by atoms with Crippen molar-refractivity contribution in [2.24, 2.45) is 0 Å². The van der Waals surface area contributed by atoms with Gasteiger partial charge in [-0.2, -0.15) is 0 Å². The highest BCUT2D eigenvalue weighted by Gasteiger charge is 2.42. The summed E-state index contributed by atoms with van der Waals surface area (Å²) >= 11 is 62.0. The van der Waals surface area contributed by atoms with Gasteiger partial charge in [0.15, 0.2) is 0 Å². The molecule has 1 aromatic carbocycles. The molecule has 0 spiro atoms. The molecule has 0 unspecified atom stereocenters. The van der Waals surface area contributed by atoms with Crippen LogP contribution in [0, 0.1) is 0 Å². The molecule has 0 amide bonds. The van der Waals surface area contributed by atoms with E-state index in [1.54, 1.807) is 16.7 Å². The second-order valence-electron chi connectivity index (χ2n) is 34.0. The normalized spacial score (nSPS) is 14.4. The Morgan fingerprint density at radius 2 is 0.309 bits per heavy atom. The summed E-state index contributed by atoms with van der Waals surface area (Å²) in [6.45, 7) is 45.5. The van der Waals surface area contributed by atoms with Gasteiger partial charge in [0.05, 0.1) is 72.7 Å². The van der Waals surface area contributed by atoms with Crippen molar-refractivity contribution in [2.75, 3.05) is 49.5 Å². The molecule has 0 bridgehead atoms. The van der Waals surface area contributed by atoms with Crippen LogP contribution in [0.4, 0.5) is 0 Å². The second-order valence-corrected chi connectivity index (χ2v) is 87.1. The van der Waals surface area contributed by atoms with Crippen LogP contribution >= 0.6 is 104 Å². The standard InChI is InChI=1S/C63H129Cl9Si9/c1-73(2,49-64)37-19-28-61(29-20-38-74(3,4)50-65,30-21-39-75(5,6)51-66)58-46-59(62(31-22-40-76(7,8)52-67,32-23-41-77(9,10)53-68)33-24-42-78(11,12)54-69)48-60(47-58)63(34-25-43-79(13,14)55-70,35-26-44-80(15,16)56-71)36-27-45-81(17,18)57-72/h46-48H,19-45,49-57H2,1-18H3. The van der Waals surface area contributed by atoms with Crippen LogP contribution in [0.2, 0.25) is 172 Å². The van der Waals surface area contributed by atoms with Crippen molar-refractivity contribution in [1.29, 1.82) is 0 Å². The van der Waals surface area contributed by atoms with E-state index in [2.05, 4.69) is 136 Å². The van der Waals surface area contributed by atoms with Crippen LogP contribution in [0.15, 0.2) is 18.2 Å². The average Bonchev–Trinajstić information content (AvgIpc) is 3.39. The van der Waals surface area contributed by atoms with E-state index < -0.39 is 72.7 Å². The van der Waals surface area contributed by atoms with Crippen molar-refractivity contribution in [2.45, 2.75) is 304 Å². The van der Waals surface area contributed by atoms with Crippen molar-refractivity contribution >= 4 is 177 Å². The molecule has 0 aliphatic rings. The Morgan fingerprint density at radius 3 is 0.395 bits per heavy atom. The minimum absolute atomic E-state index is 0.0236. The lowest BCUT2D eigenvalue weighted by atomic mass is 9.63. The van der Waals surface area contributed by atoms with Gasteiger partial charge < -0.3 is 0 Å². The molecule has 0 N–H and O–H groups in total. The van der Waals surface area contributed by atoms with E-state index in [0.717, 1.165) is 49.5 Å². The summed E-state index contributed by atoms with van der Waals surface area (Å²) in [5, 5.41) is 0. The molecule has 0 aromatic heterocycles. The maximum absolute atomic E-state index is 6.89. The highest BCUT2D eigenvalue weighted by molar-refractivity contribution is 6.86. The first-order valence-electron chi connectivity index (χ1n) is 32.4. The van der Waals surface area contributed by atoms with E-state index >= 15 is 0 Å². The van der Waals surface area contributed by atoms with Crippen LogP contribution in [0.3, 0.4) is 0 Å². The van der Waals surface area contributed by atoms with E-state index in [4.69, 9.17) is 104 Å². The number of alkyl halides is 9. The van der Waals surface area contributed by atoms with Gasteiger partial charge in [0, 0.05) is 49.5 Å². The summed E-state index contributed by atoms with van der Waals surface area (Å²) in [5.74, 6) is 0. The monoisotopic (exact) mass is 1450 g/mol. The summed E-state index contributed by atoms with van der Waals surface area (Å²) in [6, 6.07) is 20.2. The van der Waals surface area contributed by atoms with Gasteiger partial charge in [-0.25, -0.2) is 0 Å². The maximum Gasteiger partial charge on any atom is 0.0639 e. The van der Waals surface area contributed by atoms with Gasteiger partial charge in [-0.3, -0.25) is 0 Å². The molecule has 0 saturated carbocycles. The zero-order chi connectivity index (χ0) is 62.3. The molecule has 0 atom stereocenters. The summed E-state index contributed by atoms with van der Waals surface area (Å²) in [6.07, 6.45) is 22.1. The summed E-state index contributed by atoms with van der Waals surface area (Å²) in [5.41, 5.74) is 12.5. The van der Waals surface area contributed by atoms with Gasteiger partial charge in [0.1, 0.15) is 0 Å². The average molecular weight is 1460 g/mol. The first kappa shape index (κ1) is 82.8. The number of hydrogen-bond acceptors (Lipinski definition) is 0. The Labute approximate surface area is 559 Å². The van der Waals surface area contributed by atoms with Gasteiger partial charge >= 0.3 is 0 Å². The van der Waals surface area contributed by atoms with Crippen LogP contribution in [-0.4, -0.2) is 122 Å². The Bertz CT molecular complexity index is 1510. The van der Waals surface area contributed by atoms with E-state index in [1.165, 1.54) is 170 Å². The fourth-order valence-corrected chi connectivity index (χ4v) is 27.7. The molecule has 81 heavy (non-hydrogen) atoms. The summed E-state index contributed by atoms with van der Waals surface area (Å²) in [7, 11) is -14.3. The highest BCUT2D eigenvalue weighted by atomic mass is 35.5. The third-order valence-corrected chi connectivity index (χ3v) is 61.0. The molecular formula is C63H129Cl9Si9. The van der Waals surface area contributed by atoms with Crippen LogP contribution in [0.1, 0.15) is 132 Å². The van der Waals surface area contributed by atoms with E-state index in [0.29, 0.717) is 0 Å². The first-order chi connectivity index (χ1) is 37.2. The molecular weight excluding hydrogens is 1330 g/mol. The van der Waals surface area contributed by atoms with Crippen molar-refractivity contribution < 1.29 is 0 Å². The molecule has 480 valence electrons. The van der Waals surface area contributed by atoms with Crippen molar-refractivity contribution in [3.8, 4) is 0 Å². The third-order valence-electron chi connectivity index (χ3n) is 19.6. The Morgan fingerprint density at radius 1 is 0.210 bits per heavy atom. The van der Waals surface area contributed by atoms with Crippen molar-refractivity contribution in [3.63, 3.8) is 0 Å². The van der Waals surface area contributed by atoms with Crippen LogP contribution < -0.4 is 0 Å². The lowest BCUT2D eigenvalue weighted by molar-refractivity contribution is 0.303. The SMILES string of the molecule is C[Si](C)(CCl)CCCC(CCC[Si](C)(C)CCl)(CCC[Si](C)(C)CCl)c1cc(C(CCC[Si](C)(C)CCl)(CCC[Si](C)(C)CCl)CCC[Si](C)(C)CCl)cc(C(CCC[Si](C)(C)CCl)(CCC[Si](C)(C)CCl)CCC[Si](C)(C)CCl)c1. The lowest BCUT2D eigenvalue weighted by Crippen LogP contribution is -2.37. The topological polar surface area (TPSA) is 0 Å². The van der Waals surface area contributed by atoms with Crippen LogP contribution in [0.5, 0.6) is 0 Å². The van der Waals surface area contributed by atoms with E-state index in [9.17, 15) is 0 Å². The minimum atomic E-state index is -1.59. The zero-order valence-electron chi connectivity index (χ0n) is 56.1. The molecule has 0 aliphatic heterocycles. The predicted octanol–water partition coefficient (Wildman–Crippen LogP) is 25.8. The molecule has 0 saturated heterocycles. The third kappa shape index (κ3) is 31.8. The first-order valence-corrected chi connectivity index (χ1v) is 68.0. The number of rotatable bonds is 48. The quantitative estimate of drug-likeness (QED) is 0.0451. The Kier molecular flexibility index (Phi) is 38.3. The molecule has 0 heterocycles. The molecule has 0 nitrogen and oxygen atoms in total. The molecule has 0 radical (unpaired) electrons.